The first kappa shape index (κ1) is 25.6. The summed E-state index contributed by atoms with van der Waals surface area (Å²) in [6, 6.07) is 7.23. The van der Waals surface area contributed by atoms with E-state index in [0.717, 1.165) is 54.4 Å². The number of methoxy groups -OCH3 is 1. The molecule has 0 amide bonds. The van der Waals surface area contributed by atoms with Crippen molar-refractivity contribution >= 4 is 28.0 Å². The van der Waals surface area contributed by atoms with Gasteiger partial charge in [0.15, 0.2) is 11.5 Å². The summed E-state index contributed by atoms with van der Waals surface area (Å²) in [6.07, 6.45) is 8.98. The Morgan fingerprint density at radius 3 is 2.78 bits per heavy atom. The van der Waals surface area contributed by atoms with Gasteiger partial charge in [0.2, 0.25) is 0 Å². The lowest BCUT2D eigenvalue weighted by Crippen LogP contribution is -2.46. The number of H-pyrrole nitrogens is 1. The lowest BCUT2D eigenvalue weighted by molar-refractivity contribution is 0.0210. The number of likely N-dealkylation sites (N-methyl/N-ethyl adjacent to an activating group) is 1. The number of aryl methyl sites for hydroxylation is 2. The molecule has 3 aromatic heterocycles. The lowest BCUT2D eigenvalue weighted by Gasteiger charge is -2.42. The first-order valence-electron chi connectivity index (χ1n) is 13.3. The fraction of sp³-hybridized carbons (Fsp3) is 0.571. The number of imidazole rings is 2. The number of aromatic nitrogens is 6. The van der Waals surface area contributed by atoms with Gasteiger partial charge in [0, 0.05) is 32.7 Å². The summed E-state index contributed by atoms with van der Waals surface area (Å²) in [5.41, 5.74) is 11.0. The van der Waals surface area contributed by atoms with Crippen LogP contribution in [0.5, 0.6) is 0 Å². The summed E-state index contributed by atoms with van der Waals surface area (Å²) in [7, 11) is 4.02. The molecule has 1 fully saturated rings. The molecule has 1 aliphatic rings. The average molecular weight is 505 g/mol. The summed E-state index contributed by atoms with van der Waals surface area (Å²) in [5, 5.41) is 0. The van der Waals surface area contributed by atoms with Crippen molar-refractivity contribution in [1.82, 2.24) is 34.4 Å². The van der Waals surface area contributed by atoms with Crippen molar-refractivity contribution < 1.29 is 4.74 Å². The van der Waals surface area contributed by atoms with Crippen molar-refractivity contribution in [1.29, 1.82) is 0 Å². The van der Waals surface area contributed by atoms with Crippen LogP contribution in [-0.4, -0.2) is 67.2 Å². The minimum Gasteiger partial charge on any atom is -0.382 e. The summed E-state index contributed by atoms with van der Waals surface area (Å²) < 4.78 is 7.85. The maximum atomic E-state index is 5.91. The summed E-state index contributed by atoms with van der Waals surface area (Å²) >= 11 is 0. The molecule has 3 N–H and O–H groups in total. The van der Waals surface area contributed by atoms with Crippen molar-refractivity contribution in [3.05, 3.63) is 42.2 Å². The highest BCUT2D eigenvalue weighted by atomic mass is 16.5. The SMILES string of the molecule is COC(CCn1cnc2c(N)ncnc21)CN(C)C1CC(CCc2nc3ccc(C(C)(C)C)cc3[nH]2)C1. The fourth-order valence-corrected chi connectivity index (χ4v) is 5.38. The van der Waals surface area contributed by atoms with Gasteiger partial charge in [-0.1, -0.05) is 26.8 Å². The van der Waals surface area contributed by atoms with E-state index < -0.39 is 0 Å². The van der Waals surface area contributed by atoms with E-state index >= 15 is 0 Å². The molecule has 9 nitrogen and oxygen atoms in total. The Labute approximate surface area is 218 Å². The molecule has 1 unspecified atom stereocenters. The van der Waals surface area contributed by atoms with Gasteiger partial charge in [0.05, 0.1) is 23.5 Å². The van der Waals surface area contributed by atoms with Crippen molar-refractivity contribution in [2.24, 2.45) is 5.92 Å². The third-order valence-electron chi connectivity index (χ3n) is 7.97. The fourth-order valence-electron chi connectivity index (χ4n) is 5.38. The minimum atomic E-state index is 0.144. The van der Waals surface area contributed by atoms with E-state index in [-0.39, 0.29) is 11.5 Å². The Kier molecular flexibility index (Phi) is 7.18. The topological polar surface area (TPSA) is 111 Å². The number of anilines is 1. The van der Waals surface area contributed by atoms with Gasteiger partial charge in [-0.15, -0.1) is 0 Å². The van der Waals surface area contributed by atoms with E-state index in [0.29, 0.717) is 17.4 Å². The largest absolute Gasteiger partial charge is 0.382 e. The normalized spacial score (nSPS) is 19.1. The van der Waals surface area contributed by atoms with Crippen molar-refractivity contribution in [2.45, 2.75) is 77.0 Å². The number of aromatic amines is 1. The molecule has 4 aromatic rings. The first-order valence-corrected chi connectivity index (χ1v) is 13.3. The minimum absolute atomic E-state index is 0.144. The van der Waals surface area contributed by atoms with Gasteiger partial charge in [-0.05, 0) is 61.8 Å². The molecule has 0 bridgehead atoms. The number of fused-ring (bicyclic) bond motifs is 2. The number of nitrogens with one attached hydrogen (secondary N) is 1. The molecule has 37 heavy (non-hydrogen) atoms. The van der Waals surface area contributed by atoms with E-state index in [1.54, 1.807) is 13.4 Å². The van der Waals surface area contributed by atoms with Crippen LogP contribution in [0, 0.1) is 5.92 Å². The molecule has 1 aliphatic carbocycles. The summed E-state index contributed by atoms with van der Waals surface area (Å²) in [6.45, 7) is 8.44. The van der Waals surface area contributed by atoms with Crippen LogP contribution in [-0.2, 0) is 23.1 Å². The van der Waals surface area contributed by atoms with Crippen molar-refractivity contribution in [2.75, 3.05) is 26.4 Å². The maximum absolute atomic E-state index is 5.91. The van der Waals surface area contributed by atoms with Crippen LogP contribution in [0.25, 0.3) is 22.2 Å². The molecule has 198 valence electrons. The van der Waals surface area contributed by atoms with Gasteiger partial charge in [-0.25, -0.2) is 19.9 Å². The highest BCUT2D eigenvalue weighted by molar-refractivity contribution is 5.81. The van der Waals surface area contributed by atoms with Crippen LogP contribution in [0.4, 0.5) is 5.82 Å². The van der Waals surface area contributed by atoms with E-state index in [2.05, 4.69) is 70.9 Å². The van der Waals surface area contributed by atoms with Crippen LogP contribution in [0.2, 0.25) is 0 Å². The van der Waals surface area contributed by atoms with E-state index in [9.17, 15) is 0 Å². The predicted molar refractivity (Wildman–Crippen MR) is 147 cm³/mol. The quantitative estimate of drug-likeness (QED) is 0.331. The highest BCUT2D eigenvalue weighted by Crippen LogP contribution is 2.35. The Bertz CT molecular complexity index is 1350. The maximum Gasteiger partial charge on any atom is 0.165 e. The molecule has 1 aromatic carbocycles. The Morgan fingerprint density at radius 2 is 2.03 bits per heavy atom. The molecule has 0 radical (unpaired) electrons. The summed E-state index contributed by atoms with van der Waals surface area (Å²) in [5.74, 6) is 2.28. The Morgan fingerprint density at radius 1 is 1.22 bits per heavy atom. The van der Waals surface area contributed by atoms with Crippen LogP contribution in [0.15, 0.2) is 30.9 Å². The third kappa shape index (κ3) is 5.62. The number of nitrogen functional groups attached to an aromatic ring is 1. The van der Waals surface area contributed by atoms with Gasteiger partial charge in [0.1, 0.15) is 17.7 Å². The van der Waals surface area contributed by atoms with Crippen LogP contribution in [0.3, 0.4) is 0 Å². The molecule has 9 heteroatoms. The molecule has 1 atom stereocenters. The third-order valence-corrected chi connectivity index (χ3v) is 7.97. The van der Waals surface area contributed by atoms with Crippen molar-refractivity contribution in [3.8, 4) is 0 Å². The van der Waals surface area contributed by atoms with Gasteiger partial charge < -0.3 is 24.9 Å². The Hall–Kier alpha value is -3.04. The zero-order valence-electron chi connectivity index (χ0n) is 22.7. The molecular formula is C28H40N8O. The first-order chi connectivity index (χ1) is 17.7. The average Bonchev–Trinajstić information content (AvgIpc) is 3.44. The monoisotopic (exact) mass is 504 g/mol. The molecule has 1 saturated carbocycles. The number of rotatable bonds is 10. The molecular weight excluding hydrogens is 464 g/mol. The lowest BCUT2D eigenvalue weighted by atomic mass is 9.76. The van der Waals surface area contributed by atoms with E-state index in [4.69, 9.17) is 15.5 Å². The second kappa shape index (κ2) is 10.4. The molecule has 0 spiro atoms. The number of nitrogens with zero attached hydrogens (tertiary/aromatic N) is 6. The second-order valence-electron chi connectivity index (χ2n) is 11.7. The van der Waals surface area contributed by atoms with Crippen LogP contribution in [0.1, 0.15) is 57.8 Å². The van der Waals surface area contributed by atoms with Crippen LogP contribution >= 0.6 is 0 Å². The Balaban J connectivity index is 1.07. The van der Waals surface area contributed by atoms with Gasteiger partial charge in [-0.3, -0.25) is 0 Å². The van der Waals surface area contributed by atoms with Gasteiger partial charge in [-0.2, -0.15) is 0 Å². The van der Waals surface area contributed by atoms with Gasteiger partial charge in [0.25, 0.3) is 0 Å². The number of hydrogen-bond donors (Lipinski definition) is 2. The predicted octanol–water partition coefficient (Wildman–Crippen LogP) is 4.33. The number of hydrogen-bond acceptors (Lipinski definition) is 7. The smallest absolute Gasteiger partial charge is 0.165 e. The van der Waals surface area contributed by atoms with Gasteiger partial charge >= 0.3 is 0 Å². The van der Waals surface area contributed by atoms with Crippen molar-refractivity contribution in [3.63, 3.8) is 0 Å². The molecule has 0 saturated heterocycles. The number of benzene rings is 1. The second-order valence-corrected chi connectivity index (χ2v) is 11.7. The number of nitrogens with two attached hydrogens (primary N) is 1. The molecule has 3 heterocycles. The zero-order chi connectivity index (χ0) is 26.2. The molecule has 0 aliphatic heterocycles. The highest BCUT2D eigenvalue weighted by Gasteiger charge is 2.32. The van der Waals surface area contributed by atoms with E-state index in [1.165, 1.54) is 31.2 Å². The zero-order valence-corrected chi connectivity index (χ0v) is 22.7. The standard InChI is InChI=1S/C28H40N8O/c1-28(2,3)19-7-8-22-23(14-19)34-24(33-22)9-6-18-12-20(13-18)35(4)15-21(37-5)10-11-36-17-32-25-26(29)30-16-31-27(25)36/h7-8,14,16-18,20-21H,6,9-13,15H2,1-5H3,(H,33,34)(H2,29,30,31). The number of ether oxygens (including phenoxy) is 1. The van der Waals surface area contributed by atoms with Crippen LogP contribution < -0.4 is 5.73 Å². The summed E-state index contributed by atoms with van der Waals surface area (Å²) in [4.78, 5) is 23.6. The van der Waals surface area contributed by atoms with E-state index in [1.807, 2.05) is 4.57 Å². The molecule has 5 rings (SSSR count).